The van der Waals surface area contributed by atoms with E-state index < -0.39 is 43.8 Å². The number of benzene rings is 2. The predicted molar refractivity (Wildman–Crippen MR) is 296 cm³/mol. The number of nitrogens with one attached hydrogen (secondary N) is 1. The van der Waals surface area contributed by atoms with Crippen molar-refractivity contribution in [2.24, 2.45) is 75.4 Å². The fraction of sp³-hybridized carbons (Fsp3) is 0.667. The first-order valence-electron chi connectivity index (χ1n) is 24.4. The number of carbonyl (C=O) groups excluding carboxylic acids is 3. The highest BCUT2D eigenvalue weighted by Crippen LogP contribution is 2.55. The lowest BCUT2D eigenvalue weighted by atomic mass is 9.54. The molecule has 416 valence electrons. The first kappa shape index (κ1) is 62.6. The Hall–Kier alpha value is -2.27. The van der Waals surface area contributed by atoms with Crippen LogP contribution in [-0.4, -0.2) is 107 Å². The lowest BCUT2D eigenvalue weighted by molar-refractivity contribution is -0.137. The molecule has 2 aromatic rings. The largest absolute Gasteiger partial charge is 0.480 e. The predicted octanol–water partition coefficient (Wildman–Crippen LogP) is 8.50. The molecule has 0 unspecified atom stereocenters. The number of hydrogen-bond acceptors (Lipinski definition) is 9. The van der Waals surface area contributed by atoms with Gasteiger partial charge < -0.3 is 27.6 Å². The molecule has 0 radical (unpaired) electrons. The number of anilines is 2. The number of carboxylic acid groups (broad SMARTS) is 1. The van der Waals surface area contributed by atoms with E-state index in [1.807, 2.05) is 27.7 Å². The van der Waals surface area contributed by atoms with E-state index in [0.717, 1.165) is 44.1 Å². The van der Waals surface area contributed by atoms with Crippen molar-refractivity contribution in [2.75, 3.05) is 47.9 Å². The summed E-state index contributed by atoms with van der Waals surface area (Å²) in [4.78, 5) is 41.3. The molecule has 10 fully saturated rings. The number of hydrogen-bond donors (Lipinski definition) is 5. The van der Waals surface area contributed by atoms with Crippen LogP contribution in [0.2, 0.25) is 30.1 Å². The van der Waals surface area contributed by atoms with Crippen LogP contribution in [0.4, 0.5) is 11.4 Å². The smallest absolute Gasteiger partial charge is 0.318 e. The maximum Gasteiger partial charge on any atom is 0.318 e. The lowest BCUT2D eigenvalue weighted by Gasteiger charge is -2.54. The zero-order chi connectivity index (χ0) is 54.1. The van der Waals surface area contributed by atoms with E-state index in [2.05, 4.69) is 16.8 Å². The number of amides is 3. The van der Waals surface area contributed by atoms with Crippen LogP contribution < -0.4 is 31.1 Å². The van der Waals surface area contributed by atoms with Gasteiger partial charge in [-0.1, -0.05) is 97.3 Å². The summed E-state index contributed by atoms with van der Waals surface area (Å²) in [5.74, 6) is 5.22. The number of carboxylic acids is 1. The molecule has 12 rings (SSSR count). The molecule has 0 aromatic heterocycles. The lowest BCUT2D eigenvalue weighted by Crippen LogP contribution is -2.61. The molecule has 17 nitrogen and oxygen atoms in total. The number of halogens is 7. The highest BCUT2D eigenvalue weighted by atomic mass is 35.5. The molecule has 8 N–H and O–H groups in total. The molecule has 8 saturated carbocycles. The molecule has 2 saturated heterocycles. The van der Waals surface area contributed by atoms with Crippen molar-refractivity contribution in [3.8, 4) is 0 Å². The van der Waals surface area contributed by atoms with Crippen LogP contribution in [0.1, 0.15) is 91.9 Å². The first-order valence-corrected chi connectivity index (χ1v) is 29.5. The number of carbonyl (C=O) groups is 4. The summed E-state index contributed by atoms with van der Waals surface area (Å²) >= 11 is 36.9. The molecule has 26 heteroatoms. The molecule has 2 heterocycles. The summed E-state index contributed by atoms with van der Waals surface area (Å²) in [6.07, 6.45) is 14.0. The Kier molecular flexibility index (Phi) is 21.3. The number of nitrogens with two attached hydrogens (primary N) is 3. The van der Waals surface area contributed by atoms with Gasteiger partial charge in [0.15, 0.2) is 0 Å². The highest BCUT2D eigenvalue weighted by Gasteiger charge is 2.51. The number of nitrogens with zero attached hydrogens (tertiary/aromatic N) is 4. The van der Waals surface area contributed by atoms with Gasteiger partial charge in [0.05, 0.1) is 38.0 Å². The summed E-state index contributed by atoms with van der Waals surface area (Å²) in [5.41, 5.74) is 13.9. The van der Waals surface area contributed by atoms with E-state index in [4.69, 9.17) is 90.0 Å². The van der Waals surface area contributed by atoms with Crippen molar-refractivity contribution >= 4 is 139 Å². The van der Waals surface area contributed by atoms with Gasteiger partial charge in [-0.15, -0.1) is 12.4 Å². The fourth-order valence-electron chi connectivity index (χ4n) is 13.3. The fourth-order valence-corrected chi connectivity index (χ4v) is 19.6. The summed E-state index contributed by atoms with van der Waals surface area (Å²) < 4.78 is 57.1. The van der Waals surface area contributed by atoms with Crippen molar-refractivity contribution < 1.29 is 41.1 Å². The molecular formula is C48H69Cl7N8O9S2. The summed E-state index contributed by atoms with van der Waals surface area (Å²) in [7, 11) is -8.08. The van der Waals surface area contributed by atoms with Gasteiger partial charge in [0.25, 0.3) is 0 Å². The number of primary amides is 2. The second kappa shape index (κ2) is 25.2. The molecule has 8 aliphatic carbocycles. The molecule has 0 atom stereocenters. The standard InChI is InChI=1S/C23H30Cl3N3O3S.C13H15Cl3N2O4S.C10H17N.2CH3NO.ClH/c1-23(2)11-28(33(31,32)29(12-23)22-18(25)8-17(24)9-19(22)26)10-20(30)27-21-15-4-13-3-14(6-15)7-16(21)5-13;1-13(2)6-17(5-11(19)20)23(21,22)18(7-13)12-9(15)3-8(14)4-10(12)16;11-10-8-2-6-1-7(4-8)5-9(10)3-6;2*2-1-3;/h8-9,13-16,21H,3-7,10-12H2,1-2H3,(H,27,30);3-4H,5-7H2,1-2H3,(H,19,20);6-10H,1-5,11H2;2*1H,(H2,2,3);1H. The Morgan fingerprint density at radius 1 is 0.595 bits per heavy atom. The third-order valence-electron chi connectivity index (χ3n) is 15.5. The van der Waals surface area contributed by atoms with Crippen LogP contribution in [0.15, 0.2) is 24.3 Å². The Morgan fingerprint density at radius 2 is 0.892 bits per heavy atom. The van der Waals surface area contributed by atoms with E-state index in [-0.39, 0.29) is 106 Å². The van der Waals surface area contributed by atoms with Crippen molar-refractivity contribution in [1.29, 1.82) is 0 Å². The van der Waals surface area contributed by atoms with Crippen molar-refractivity contribution in [3.05, 3.63) is 54.4 Å². The Labute approximate surface area is 471 Å². The Morgan fingerprint density at radius 3 is 1.20 bits per heavy atom. The molecule has 3 amide bonds. The molecule has 0 spiro atoms. The number of aliphatic carboxylic acids is 1. The second-order valence-corrected chi connectivity index (χ2v) is 28.7. The molecular weight excluding hydrogens is 1140 g/mol. The van der Waals surface area contributed by atoms with Gasteiger partial charge in [-0.25, -0.2) is 0 Å². The summed E-state index contributed by atoms with van der Waals surface area (Å²) in [6.45, 7) is 7.40. The van der Waals surface area contributed by atoms with Crippen LogP contribution in [-0.2, 0) is 39.6 Å². The van der Waals surface area contributed by atoms with Crippen molar-refractivity contribution in [3.63, 3.8) is 0 Å². The minimum absolute atomic E-state index is 0. The third kappa shape index (κ3) is 14.7. The van der Waals surface area contributed by atoms with E-state index >= 15 is 0 Å². The molecule has 10 aliphatic rings. The van der Waals surface area contributed by atoms with Gasteiger partial charge in [-0.05, 0) is 147 Å². The van der Waals surface area contributed by atoms with E-state index in [1.165, 1.54) is 90.7 Å². The van der Waals surface area contributed by atoms with E-state index in [1.54, 1.807) is 6.42 Å². The van der Waals surface area contributed by atoms with Gasteiger partial charge in [0, 0.05) is 48.3 Å². The van der Waals surface area contributed by atoms with E-state index in [9.17, 15) is 26.4 Å². The number of rotatable bonds is 7. The summed E-state index contributed by atoms with van der Waals surface area (Å²) in [6, 6.07) is 6.49. The SMILES string of the molecule is CC1(C)CN(CC(=O)NC2C3CC4CC(C3)CC2C4)S(=O)(=O)N(c2c(Cl)cc(Cl)cc2Cl)C1.CC1(C)CN(CC(=O)O)S(=O)(=O)N(c2c(Cl)cc(Cl)cc2Cl)C1.Cl.NC1C2CC3CC(C2)CC1C3.NC=O.NC=O. The topological polar surface area (TPSA) is 260 Å². The van der Waals surface area contributed by atoms with Crippen LogP contribution in [0.5, 0.6) is 0 Å². The van der Waals surface area contributed by atoms with Crippen LogP contribution in [0, 0.1) is 58.2 Å². The molecule has 8 bridgehead atoms. The van der Waals surface area contributed by atoms with Crippen molar-refractivity contribution in [2.45, 2.75) is 104 Å². The third-order valence-corrected chi connectivity index (χ3v) is 20.7. The van der Waals surface area contributed by atoms with Gasteiger partial charge in [-0.3, -0.25) is 27.8 Å². The molecule has 74 heavy (non-hydrogen) atoms. The van der Waals surface area contributed by atoms with Crippen LogP contribution >= 0.6 is 82.0 Å². The molecule has 2 aromatic carbocycles. The highest BCUT2D eigenvalue weighted by molar-refractivity contribution is 7.91. The normalized spacial score (nSPS) is 31.0. The zero-order valence-electron chi connectivity index (χ0n) is 41.8. The zero-order valence-corrected chi connectivity index (χ0v) is 48.8. The van der Waals surface area contributed by atoms with Gasteiger partial charge in [-0.2, -0.15) is 25.4 Å². The first-order chi connectivity index (χ1) is 34.0. The minimum Gasteiger partial charge on any atom is -0.480 e. The average Bonchev–Trinajstić information content (AvgIpc) is 3.24. The quantitative estimate of drug-likeness (QED) is 0.165. The average molecular weight is 1210 g/mol. The van der Waals surface area contributed by atoms with Gasteiger partial charge >= 0.3 is 26.4 Å². The maximum atomic E-state index is 13.6. The van der Waals surface area contributed by atoms with Gasteiger partial charge in [0.2, 0.25) is 18.7 Å². The monoisotopic (exact) mass is 1210 g/mol. The Balaban J connectivity index is 0.000000213. The maximum absolute atomic E-state index is 13.6. The van der Waals surface area contributed by atoms with Crippen molar-refractivity contribution in [1.82, 2.24) is 13.9 Å². The second-order valence-electron chi connectivity index (χ2n) is 22.5. The Bertz CT molecular complexity index is 2490. The van der Waals surface area contributed by atoms with Crippen LogP contribution in [0.25, 0.3) is 0 Å². The molecule has 2 aliphatic heterocycles. The van der Waals surface area contributed by atoms with Crippen LogP contribution in [0.3, 0.4) is 0 Å². The summed E-state index contributed by atoms with van der Waals surface area (Å²) in [5, 5.41) is 13.3. The minimum atomic E-state index is -4.07. The van der Waals surface area contributed by atoms with E-state index in [0.29, 0.717) is 22.9 Å². The van der Waals surface area contributed by atoms with Gasteiger partial charge in [0.1, 0.15) is 6.54 Å².